The summed E-state index contributed by atoms with van der Waals surface area (Å²) < 4.78 is 44.6. The molecule has 33 heavy (non-hydrogen) atoms. The number of fused-ring (bicyclic) bond motifs is 1. The van der Waals surface area contributed by atoms with Gasteiger partial charge in [-0.2, -0.15) is 23.7 Å². The zero-order valence-electron chi connectivity index (χ0n) is 17.7. The lowest BCUT2D eigenvalue weighted by Crippen LogP contribution is -2.28. The van der Waals surface area contributed by atoms with Crippen molar-refractivity contribution in [2.24, 2.45) is 0 Å². The largest absolute Gasteiger partial charge is 0.412 e. The number of alkyl halides is 3. The van der Waals surface area contributed by atoms with Crippen LogP contribution in [0.5, 0.6) is 0 Å². The van der Waals surface area contributed by atoms with E-state index < -0.39 is 12.2 Å². The zero-order valence-corrected chi connectivity index (χ0v) is 17.7. The standard InChI is InChI=1S/C26H19F3N4/c1-17-5-4-6-19(11-17)15-33-16-22(21-10-9-18(13-30)12-24(21)33)25(26(27,28)29)32-23-8-3-2-7-20(23)14-31/h2-12,16,25,32H,15H2,1H3. The van der Waals surface area contributed by atoms with Gasteiger partial charge in [0.15, 0.2) is 6.04 Å². The summed E-state index contributed by atoms with van der Waals surface area (Å²) in [6, 6.07) is 20.4. The lowest BCUT2D eigenvalue weighted by molar-refractivity contribution is -0.143. The van der Waals surface area contributed by atoms with Crippen molar-refractivity contribution in [3.8, 4) is 12.1 Å². The molecule has 0 aliphatic rings. The summed E-state index contributed by atoms with van der Waals surface area (Å²) in [7, 11) is 0. The first-order chi connectivity index (χ1) is 15.8. The Labute approximate surface area is 189 Å². The maximum Gasteiger partial charge on any atom is 0.412 e. The van der Waals surface area contributed by atoms with Crippen molar-refractivity contribution >= 4 is 16.6 Å². The second-order valence-electron chi connectivity index (χ2n) is 7.82. The number of nitrogens with one attached hydrogen (secondary N) is 1. The van der Waals surface area contributed by atoms with Crippen LogP contribution in [0.2, 0.25) is 0 Å². The van der Waals surface area contributed by atoms with Gasteiger partial charge in [0.1, 0.15) is 6.07 Å². The Balaban J connectivity index is 1.87. The Morgan fingerprint density at radius 2 is 1.76 bits per heavy atom. The Morgan fingerprint density at radius 1 is 0.970 bits per heavy atom. The molecule has 0 spiro atoms. The molecule has 4 aromatic rings. The third-order valence-corrected chi connectivity index (χ3v) is 5.46. The van der Waals surface area contributed by atoms with Crippen LogP contribution in [0.15, 0.2) is 72.9 Å². The molecule has 1 aromatic heterocycles. The molecule has 3 aromatic carbocycles. The molecule has 0 saturated heterocycles. The quantitative estimate of drug-likeness (QED) is 0.384. The van der Waals surface area contributed by atoms with Crippen LogP contribution in [-0.4, -0.2) is 10.7 Å². The topological polar surface area (TPSA) is 64.5 Å². The first kappa shape index (κ1) is 22.0. The van der Waals surface area contributed by atoms with Gasteiger partial charge < -0.3 is 9.88 Å². The van der Waals surface area contributed by atoms with E-state index in [1.165, 1.54) is 24.4 Å². The molecule has 164 valence electrons. The predicted octanol–water partition coefficient (Wildman–Crippen LogP) is 6.46. The van der Waals surface area contributed by atoms with Gasteiger partial charge in [0.05, 0.1) is 22.9 Å². The van der Waals surface area contributed by atoms with Crippen LogP contribution in [0.1, 0.15) is 33.9 Å². The predicted molar refractivity (Wildman–Crippen MR) is 121 cm³/mol. The molecule has 0 amide bonds. The molecule has 0 aliphatic carbocycles. The maximum absolute atomic E-state index is 14.3. The van der Waals surface area contributed by atoms with Crippen LogP contribution in [0, 0.1) is 29.6 Å². The highest BCUT2D eigenvalue weighted by molar-refractivity contribution is 5.86. The van der Waals surface area contributed by atoms with Gasteiger partial charge in [0.2, 0.25) is 0 Å². The molecular formula is C26H19F3N4. The summed E-state index contributed by atoms with van der Waals surface area (Å²) in [5.41, 5.74) is 3.15. The van der Waals surface area contributed by atoms with Gasteiger partial charge in [-0.3, -0.25) is 0 Å². The number of anilines is 1. The Hall–Kier alpha value is -4.23. The fourth-order valence-corrected chi connectivity index (χ4v) is 3.96. The zero-order chi connectivity index (χ0) is 23.6. The van der Waals surface area contributed by atoms with Crippen molar-refractivity contribution in [1.29, 1.82) is 10.5 Å². The van der Waals surface area contributed by atoms with E-state index in [0.29, 0.717) is 23.0 Å². The number of halogens is 3. The molecule has 0 saturated carbocycles. The second kappa shape index (κ2) is 8.72. The van der Waals surface area contributed by atoms with E-state index >= 15 is 0 Å². The summed E-state index contributed by atoms with van der Waals surface area (Å²) in [6.45, 7) is 2.30. The van der Waals surface area contributed by atoms with Gasteiger partial charge in [0.25, 0.3) is 0 Å². The maximum atomic E-state index is 14.3. The summed E-state index contributed by atoms with van der Waals surface area (Å²) in [5.74, 6) is 0. The molecule has 4 nitrogen and oxygen atoms in total. The van der Waals surface area contributed by atoms with Crippen molar-refractivity contribution in [3.05, 3.63) is 101 Å². The van der Waals surface area contributed by atoms with Crippen LogP contribution in [0.3, 0.4) is 0 Å². The third kappa shape index (κ3) is 4.53. The van der Waals surface area contributed by atoms with E-state index in [-0.39, 0.29) is 16.8 Å². The SMILES string of the molecule is Cc1cccc(Cn2cc(C(Nc3ccccc3C#N)C(F)(F)F)c3ccc(C#N)cc32)c1. The average molecular weight is 444 g/mol. The summed E-state index contributed by atoms with van der Waals surface area (Å²) >= 11 is 0. The number of aromatic nitrogens is 1. The molecule has 0 fully saturated rings. The number of nitrogens with zero attached hydrogens (tertiary/aromatic N) is 3. The van der Waals surface area contributed by atoms with Crippen LogP contribution >= 0.6 is 0 Å². The van der Waals surface area contributed by atoms with Crippen LogP contribution < -0.4 is 5.32 Å². The highest BCUT2D eigenvalue weighted by Crippen LogP contribution is 2.40. The van der Waals surface area contributed by atoms with E-state index in [1.807, 2.05) is 37.3 Å². The number of benzene rings is 3. The Bertz CT molecular complexity index is 1400. The minimum Gasteiger partial charge on any atom is -0.369 e. The minimum absolute atomic E-state index is 0.0300. The molecule has 0 radical (unpaired) electrons. The molecule has 1 unspecified atom stereocenters. The summed E-state index contributed by atoms with van der Waals surface area (Å²) in [6.07, 6.45) is -3.15. The lowest BCUT2D eigenvalue weighted by atomic mass is 10.0. The molecule has 1 N–H and O–H groups in total. The number of rotatable bonds is 5. The molecule has 1 atom stereocenters. The van der Waals surface area contributed by atoms with E-state index in [4.69, 9.17) is 0 Å². The third-order valence-electron chi connectivity index (χ3n) is 5.46. The summed E-state index contributed by atoms with van der Waals surface area (Å²) in [4.78, 5) is 0. The number of aryl methyl sites for hydroxylation is 1. The van der Waals surface area contributed by atoms with Crippen LogP contribution in [0.4, 0.5) is 18.9 Å². The average Bonchev–Trinajstić information content (AvgIpc) is 3.13. The Morgan fingerprint density at radius 3 is 2.45 bits per heavy atom. The molecule has 4 rings (SSSR count). The van der Waals surface area contributed by atoms with E-state index in [0.717, 1.165) is 11.1 Å². The highest BCUT2D eigenvalue weighted by atomic mass is 19.4. The smallest absolute Gasteiger partial charge is 0.369 e. The van der Waals surface area contributed by atoms with Gasteiger partial charge >= 0.3 is 6.18 Å². The fourth-order valence-electron chi connectivity index (χ4n) is 3.96. The van der Waals surface area contributed by atoms with Crippen molar-refractivity contribution in [2.45, 2.75) is 25.7 Å². The molecule has 0 aliphatic heterocycles. The number of nitriles is 2. The first-order valence-electron chi connectivity index (χ1n) is 10.2. The van der Waals surface area contributed by atoms with Crippen molar-refractivity contribution in [2.75, 3.05) is 5.32 Å². The van der Waals surface area contributed by atoms with Crippen LogP contribution in [-0.2, 0) is 6.54 Å². The first-order valence-corrected chi connectivity index (χ1v) is 10.2. The molecule has 7 heteroatoms. The van der Waals surface area contributed by atoms with Crippen molar-refractivity contribution in [1.82, 2.24) is 4.57 Å². The van der Waals surface area contributed by atoms with Gasteiger partial charge in [-0.15, -0.1) is 0 Å². The molecule has 1 heterocycles. The minimum atomic E-state index is -4.63. The molecule has 0 bridgehead atoms. The Kier molecular flexibility index (Phi) is 5.81. The van der Waals surface area contributed by atoms with Gasteiger partial charge in [-0.1, -0.05) is 48.0 Å². The van der Waals surface area contributed by atoms with Gasteiger partial charge in [-0.25, -0.2) is 0 Å². The lowest BCUT2D eigenvalue weighted by Gasteiger charge is -2.23. The number of hydrogen-bond donors (Lipinski definition) is 1. The number of para-hydroxylation sites is 1. The van der Waals surface area contributed by atoms with Gasteiger partial charge in [0, 0.05) is 29.2 Å². The van der Waals surface area contributed by atoms with Crippen LogP contribution in [0.25, 0.3) is 10.9 Å². The second-order valence-corrected chi connectivity index (χ2v) is 7.82. The van der Waals surface area contributed by atoms with Crippen molar-refractivity contribution in [3.63, 3.8) is 0 Å². The monoisotopic (exact) mass is 444 g/mol. The van der Waals surface area contributed by atoms with E-state index in [2.05, 4.69) is 11.4 Å². The van der Waals surface area contributed by atoms with E-state index in [1.54, 1.807) is 28.8 Å². The highest BCUT2D eigenvalue weighted by Gasteiger charge is 2.42. The normalized spacial score (nSPS) is 12.2. The van der Waals surface area contributed by atoms with Gasteiger partial charge in [-0.05, 0) is 36.8 Å². The van der Waals surface area contributed by atoms with E-state index in [9.17, 15) is 23.7 Å². The van der Waals surface area contributed by atoms with Crippen molar-refractivity contribution < 1.29 is 13.2 Å². The summed E-state index contributed by atoms with van der Waals surface area (Å²) in [5, 5.41) is 21.6. The fraction of sp³-hybridized carbons (Fsp3) is 0.154. The molecular weight excluding hydrogens is 425 g/mol. The number of hydrogen-bond acceptors (Lipinski definition) is 3.